The Balaban J connectivity index is 1.33. The molecule has 3 aromatic rings. The summed E-state index contributed by atoms with van der Waals surface area (Å²) in [5.74, 6) is 1.01. The lowest BCUT2D eigenvalue weighted by molar-refractivity contribution is 0.0463. The van der Waals surface area contributed by atoms with Crippen LogP contribution >= 0.6 is 0 Å². The minimum Gasteiger partial charge on any atom is -0.388 e. The molecule has 0 radical (unpaired) electrons. The van der Waals surface area contributed by atoms with E-state index in [0.29, 0.717) is 19.0 Å². The number of aliphatic hydroxyl groups is 1. The van der Waals surface area contributed by atoms with Crippen molar-refractivity contribution < 1.29 is 9.90 Å². The predicted molar refractivity (Wildman–Crippen MR) is 120 cm³/mol. The van der Waals surface area contributed by atoms with Gasteiger partial charge in [-0.05, 0) is 61.1 Å². The quantitative estimate of drug-likeness (QED) is 0.656. The summed E-state index contributed by atoms with van der Waals surface area (Å²) >= 11 is 0. The molecule has 1 saturated heterocycles. The van der Waals surface area contributed by atoms with E-state index in [1.165, 1.54) is 23.1 Å². The molecular formula is C26H30N2O2. The number of aromatic nitrogens is 1. The van der Waals surface area contributed by atoms with Crippen LogP contribution in [0.5, 0.6) is 0 Å². The molecule has 2 aliphatic rings. The van der Waals surface area contributed by atoms with Gasteiger partial charge in [-0.2, -0.15) is 0 Å². The average molecular weight is 403 g/mol. The van der Waals surface area contributed by atoms with Crippen LogP contribution in [0.1, 0.15) is 59.5 Å². The van der Waals surface area contributed by atoms with E-state index in [2.05, 4.69) is 18.0 Å². The number of hydrogen-bond donors (Lipinski definition) is 2. The van der Waals surface area contributed by atoms with Crippen LogP contribution in [0.25, 0.3) is 10.9 Å². The molecule has 2 aromatic carbocycles. The van der Waals surface area contributed by atoms with Crippen LogP contribution in [-0.2, 0) is 12.8 Å². The van der Waals surface area contributed by atoms with Crippen molar-refractivity contribution in [3.05, 3.63) is 70.9 Å². The SMILES string of the molecule is CC1CCc2[nH]c3c(C(=O)N4CCC(C(O)c5ccccc5)CC4)cccc3c2C1. The summed E-state index contributed by atoms with van der Waals surface area (Å²) in [6.45, 7) is 3.70. The van der Waals surface area contributed by atoms with E-state index in [1.54, 1.807) is 0 Å². The van der Waals surface area contributed by atoms with Crippen molar-refractivity contribution in [1.29, 1.82) is 0 Å². The van der Waals surface area contributed by atoms with Gasteiger partial charge in [-0.1, -0.05) is 49.4 Å². The van der Waals surface area contributed by atoms with Gasteiger partial charge < -0.3 is 15.0 Å². The number of carbonyl (C=O) groups excluding carboxylic acids is 1. The number of hydrogen-bond acceptors (Lipinski definition) is 2. The molecule has 2 unspecified atom stereocenters. The third-order valence-corrected chi connectivity index (χ3v) is 7.11. The molecule has 4 heteroatoms. The topological polar surface area (TPSA) is 56.3 Å². The Kier molecular flexibility index (Phi) is 5.11. The smallest absolute Gasteiger partial charge is 0.255 e. The van der Waals surface area contributed by atoms with Crippen LogP contribution < -0.4 is 0 Å². The number of aromatic amines is 1. The Morgan fingerprint density at radius 2 is 1.83 bits per heavy atom. The number of nitrogens with zero attached hydrogens (tertiary/aromatic N) is 1. The number of piperidine rings is 1. The Hall–Kier alpha value is -2.59. The second kappa shape index (κ2) is 7.92. The summed E-state index contributed by atoms with van der Waals surface area (Å²) in [5, 5.41) is 12.0. The first-order valence-electron chi connectivity index (χ1n) is 11.3. The fraction of sp³-hybridized carbons (Fsp3) is 0.423. The standard InChI is InChI=1S/C26H30N2O2/c1-17-10-11-23-22(16-17)20-8-5-9-21(24(20)27-23)26(30)28-14-12-19(13-15-28)25(29)18-6-3-2-4-7-18/h2-9,17,19,25,27,29H,10-16H2,1H3. The molecule has 2 N–H and O–H groups in total. The molecule has 0 spiro atoms. The summed E-state index contributed by atoms with van der Waals surface area (Å²) in [4.78, 5) is 18.9. The van der Waals surface area contributed by atoms with Gasteiger partial charge in [0.2, 0.25) is 0 Å². The second-order valence-electron chi connectivity index (χ2n) is 9.14. The fourth-order valence-electron chi connectivity index (χ4n) is 5.30. The molecule has 2 heterocycles. The first kappa shape index (κ1) is 19.4. The van der Waals surface area contributed by atoms with E-state index in [-0.39, 0.29) is 11.8 Å². The van der Waals surface area contributed by atoms with Gasteiger partial charge in [-0.15, -0.1) is 0 Å². The zero-order valence-electron chi connectivity index (χ0n) is 17.6. The lowest BCUT2D eigenvalue weighted by Gasteiger charge is -2.34. The molecule has 1 aromatic heterocycles. The maximum absolute atomic E-state index is 13.4. The Bertz CT molecular complexity index is 1050. The zero-order valence-corrected chi connectivity index (χ0v) is 17.6. The van der Waals surface area contributed by atoms with Gasteiger partial charge in [0.15, 0.2) is 0 Å². The summed E-state index contributed by atoms with van der Waals surface area (Å²) < 4.78 is 0. The van der Waals surface area contributed by atoms with E-state index in [4.69, 9.17) is 0 Å². The minimum absolute atomic E-state index is 0.111. The van der Waals surface area contributed by atoms with E-state index >= 15 is 0 Å². The molecule has 0 saturated carbocycles. The highest BCUT2D eigenvalue weighted by Gasteiger charge is 2.30. The van der Waals surface area contributed by atoms with Gasteiger partial charge in [0.1, 0.15) is 0 Å². The molecule has 156 valence electrons. The lowest BCUT2D eigenvalue weighted by Crippen LogP contribution is -2.39. The number of para-hydroxylation sites is 1. The molecule has 30 heavy (non-hydrogen) atoms. The van der Waals surface area contributed by atoms with Crippen molar-refractivity contribution in [2.24, 2.45) is 11.8 Å². The number of aliphatic hydroxyl groups excluding tert-OH is 1. The van der Waals surface area contributed by atoms with Crippen LogP contribution in [0.2, 0.25) is 0 Å². The first-order valence-corrected chi connectivity index (χ1v) is 11.3. The summed E-state index contributed by atoms with van der Waals surface area (Å²) in [6, 6.07) is 16.0. The van der Waals surface area contributed by atoms with Crippen LogP contribution in [-0.4, -0.2) is 34.0 Å². The first-order chi connectivity index (χ1) is 14.6. The summed E-state index contributed by atoms with van der Waals surface area (Å²) in [5.41, 5.74) is 5.49. The molecular weight excluding hydrogens is 372 g/mol. The van der Waals surface area contributed by atoms with Crippen LogP contribution in [0, 0.1) is 11.8 Å². The normalized spacial score (nSPS) is 20.9. The van der Waals surface area contributed by atoms with Crippen molar-refractivity contribution in [2.45, 2.75) is 45.1 Å². The largest absolute Gasteiger partial charge is 0.388 e. The van der Waals surface area contributed by atoms with Gasteiger partial charge in [0.25, 0.3) is 5.91 Å². The maximum atomic E-state index is 13.4. The third-order valence-electron chi connectivity index (χ3n) is 7.11. The lowest BCUT2D eigenvalue weighted by atomic mass is 9.87. The number of likely N-dealkylation sites (tertiary alicyclic amines) is 1. The van der Waals surface area contributed by atoms with Gasteiger partial charge in [0.05, 0.1) is 17.2 Å². The zero-order chi connectivity index (χ0) is 20.7. The number of benzene rings is 2. The molecule has 1 aliphatic heterocycles. The van der Waals surface area contributed by atoms with Crippen LogP contribution in [0.4, 0.5) is 0 Å². The highest BCUT2D eigenvalue weighted by Crippen LogP contribution is 2.35. The van der Waals surface area contributed by atoms with Crippen LogP contribution in [0.3, 0.4) is 0 Å². The fourth-order valence-corrected chi connectivity index (χ4v) is 5.30. The molecule has 1 aliphatic carbocycles. The molecule has 4 nitrogen and oxygen atoms in total. The van der Waals surface area contributed by atoms with Gasteiger partial charge in [0, 0.05) is 24.2 Å². The van der Waals surface area contributed by atoms with Crippen molar-refractivity contribution in [3.8, 4) is 0 Å². The Morgan fingerprint density at radius 1 is 1.07 bits per heavy atom. The van der Waals surface area contributed by atoms with Crippen molar-refractivity contribution in [3.63, 3.8) is 0 Å². The Morgan fingerprint density at radius 3 is 2.60 bits per heavy atom. The number of H-pyrrole nitrogens is 1. The molecule has 1 amide bonds. The average Bonchev–Trinajstić information content (AvgIpc) is 3.17. The summed E-state index contributed by atoms with van der Waals surface area (Å²) in [6.07, 6.45) is 4.58. The molecule has 1 fully saturated rings. The highest BCUT2D eigenvalue weighted by atomic mass is 16.3. The number of fused-ring (bicyclic) bond motifs is 3. The predicted octanol–water partition coefficient (Wildman–Crippen LogP) is 4.88. The monoisotopic (exact) mass is 402 g/mol. The van der Waals surface area contributed by atoms with Gasteiger partial charge >= 0.3 is 0 Å². The number of rotatable bonds is 3. The van der Waals surface area contributed by atoms with E-state index < -0.39 is 6.10 Å². The molecule has 5 rings (SSSR count). The Labute approximate surface area is 177 Å². The molecule has 0 bridgehead atoms. The van der Waals surface area contributed by atoms with E-state index in [0.717, 1.165) is 42.3 Å². The van der Waals surface area contributed by atoms with E-state index in [9.17, 15) is 9.90 Å². The van der Waals surface area contributed by atoms with Crippen LogP contribution in [0.15, 0.2) is 48.5 Å². The van der Waals surface area contributed by atoms with Crippen molar-refractivity contribution in [2.75, 3.05) is 13.1 Å². The maximum Gasteiger partial charge on any atom is 0.255 e. The minimum atomic E-state index is -0.455. The van der Waals surface area contributed by atoms with Crippen molar-refractivity contribution in [1.82, 2.24) is 9.88 Å². The third kappa shape index (κ3) is 3.43. The van der Waals surface area contributed by atoms with Crippen molar-refractivity contribution >= 4 is 16.8 Å². The number of carbonyl (C=O) groups is 1. The highest BCUT2D eigenvalue weighted by molar-refractivity contribution is 6.06. The van der Waals surface area contributed by atoms with Gasteiger partial charge in [-0.25, -0.2) is 0 Å². The summed E-state index contributed by atoms with van der Waals surface area (Å²) in [7, 11) is 0. The number of nitrogens with one attached hydrogen (secondary N) is 1. The second-order valence-corrected chi connectivity index (χ2v) is 9.14. The molecule has 2 atom stereocenters. The number of aryl methyl sites for hydroxylation is 1. The number of amides is 1. The van der Waals surface area contributed by atoms with Gasteiger partial charge in [-0.3, -0.25) is 4.79 Å². The van der Waals surface area contributed by atoms with E-state index in [1.807, 2.05) is 47.4 Å².